The van der Waals surface area contributed by atoms with Crippen LogP contribution < -0.4 is 5.56 Å². The lowest BCUT2D eigenvalue weighted by Gasteiger charge is -2.05. The molecule has 0 aliphatic heterocycles. The Bertz CT molecular complexity index is 955. The van der Waals surface area contributed by atoms with Crippen molar-refractivity contribution in [3.05, 3.63) is 64.4 Å². The lowest BCUT2D eigenvalue weighted by Crippen LogP contribution is -2.03. The fraction of sp³-hybridized carbons (Fsp3) is 0.0625. The molecule has 0 aliphatic rings. The second-order valence-electron chi connectivity index (χ2n) is 5.09. The van der Waals surface area contributed by atoms with Crippen molar-refractivity contribution in [1.29, 1.82) is 0 Å². The summed E-state index contributed by atoms with van der Waals surface area (Å²) < 4.78 is 37.6. The van der Waals surface area contributed by atoms with E-state index in [0.29, 0.717) is 11.3 Å². The van der Waals surface area contributed by atoms with Crippen LogP contribution in [0.5, 0.6) is 5.75 Å². The normalized spacial score (nSPS) is 12.0. The minimum Gasteiger partial charge on any atom is -0.508 e. The Labute approximate surface area is 138 Å². The Hall–Kier alpha value is -3.36. The first-order valence-electron chi connectivity index (χ1n) is 7.03. The van der Waals surface area contributed by atoms with E-state index in [4.69, 9.17) is 0 Å². The highest BCUT2D eigenvalue weighted by Crippen LogP contribution is 2.31. The summed E-state index contributed by atoms with van der Waals surface area (Å²) >= 11 is 0. The summed E-state index contributed by atoms with van der Waals surface area (Å²) in [6.07, 6.45) is -4.43. The van der Waals surface area contributed by atoms with E-state index in [-0.39, 0.29) is 17.1 Å². The van der Waals surface area contributed by atoms with Crippen LogP contribution in [0.1, 0.15) is 5.56 Å². The van der Waals surface area contributed by atoms with Crippen LogP contribution in [0, 0.1) is 0 Å². The molecule has 1 heterocycles. The number of hydrogen-bond donors (Lipinski definition) is 3. The molecule has 0 amide bonds. The van der Waals surface area contributed by atoms with Gasteiger partial charge in [-0.1, -0.05) is 0 Å². The van der Waals surface area contributed by atoms with Gasteiger partial charge in [-0.3, -0.25) is 15.0 Å². The standard InChI is InChI=1S/C16H11F3N4O2/c17-16(18,19)10-3-5-11(6-4-10)20-22-14-13(21-23-15(14)25)9-1-7-12(24)8-2-9/h1-8,24H,(H2,21,23,25). The average molecular weight is 348 g/mol. The average Bonchev–Trinajstić information content (AvgIpc) is 2.94. The minimum atomic E-state index is -4.43. The number of halogens is 3. The molecule has 0 bridgehead atoms. The summed E-state index contributed by atoms with van der Waals surface area (Å²) in [5.74, 6) is 0.0644. The third-order valence-corrected chi connectivity index (χ3v) is 3.37. The fourth-order valence-electron chi connectivity index (χ4n) is 2.11. The van der Waals surface area contributed by atoms with Gasteiger partial charge < -0.3 is 5.11 Å². The van der Waals surface area contributed by atoms with Crippen LogP contribution in [0.25, 0.3) is 11.3 Å². The smallest absolute Gasteiger partial charge is 0.416 e. The Morgan fingerprint density at radius 3 is 2.12 bits per heavy atom. The second-order valence-corrected chi connectivity index (χ2v) is 5.09. The first-order chi connectivity index (χ1) is 11.8. The maximum atomic E-state index is 12.5. The number of aromatic nitrogens is 2. The number of phenols is 1. The van der Waals surface area contributed by atoms with Gasteiger partial charge >= 0.3 is 6.18 Å². The van der Waals surface area contributed by atoms with Gasteiger partial charge in [-0.05, 0) is 48.5 Å². The molecule has 0 radical (unpaired) electrons. The van der Waals surface area contributed by atoms with E-state index in [1.165, 1.54) is 12.1 Å². The van der Waals surface area contributed by atoms with E-state index in [0.717, 1.165) is 24.3 Å². The molecular weight excluding hydrogens is 337 g/mol. The Balaban J connectivity index is 1.90. The van der Waals surface area contributed by atoms with Crippen molar-refractivity contribution in [3.63, 3.8) is 0 Å². The zero-order chi connectivity index (χ0) is 18.0. The SMILES string of the molecule is O=c1[nH][nH]c(-c2ccc(O)cc2)c1N=Nc1ccc(C(F)(F)F)cc1. The van der Waals surface area contributed by atoms with Crippen molar-refractivity contribution in [1.82, 2.24) is 10.2 Å². The quantitative estimate of drug-likeness (QED) is 0.608. The van der Waals surface area contributed by atoms with E-state index in [1.807, 2.05) is 0 Å². The van der Waals surface area contributed by atoms with E-state index in [2.05, 4.69) is 20.4 Å². The third-order valence-electron chi connectivity index (χ3n) is 3.37. The summed E-state index contributed by atoms with van der Waals surface area (Å²) in [6, 6.07) is 10.1. The number of benzene rings is 2. The predicted molar refractivity (Wildman–Crippen MR) is 84.1 cm³/mol. The molecule has 0 atom stereocenters. The molecule has 3 aromatic rings. The molecule has 9 heteroatoms. The number of alkyl halides is 3. The van der Waals surface area contributed by atoms with Gasteiger partial charge in [0.05, 0.1) is 16.9 Å². The van der Waals surface area contributed by atoms with Crippen LogP contribution in [0.3, 0.4) is 0 Å². The summed E-state index contributed by atoms with van der Waals surface area (Å²) in [4.78, 5) is 11.8. The van der Waals surface area contributed by atoms with Crippen LogP contribution in [0.4, 0.5) is 24.5 Å². The van der Waals surface area contributed by atoms with Gasteiger partial charge in [0.25, 0.3) is 5.56 Å². The molecule has 0 spiro atoms. The second kappa shape index (κ2) is 6.27. The number of H-pyrrole nitrogens is 2. The summed E-state index contributed by atoms with van der Waals surface area (Å²) in [5.41, 5.74) is -0.247. The van der Waals surface area contributed by atoms with Crippen molar-refractivity contribution in [2.24, 2.45) is 10.2 Å². The van der Waals surface area contributed by atoms with Gasteiger partial charge in [0.2, 0.25) is 0 Å². The molecule has 0 saturated heterocycles. The van der Waals surface area contributed by atoms with Crippen LogP contribution in [-0.2, 0) is 6.18 Å². The van der Waals surface area contributed by atoms with Gasteiger partial charge in [0.1, 0.15) is 5.75 Å². The molecule has 2 aromatic carbocycles. The molecule has 1 aromatic heterocycles. The van der Waals surface area contributed by atoms with Crippen molar-refractivity contribution < 1.29 is 18.3 Å². The van der Waals surface area contributed by atoms with Gasteiger partial charge in [-0.2, -0.15) is 18.3 Å². The number of rotatable bonds is 3. The highest BCUT2D eigenvalue weighted by atomic mass is 19.4. The maximum absolute atomic E-state index is 12.5. The highest BCUT2D eigenvalue weighted by molar-refractivity contribution is 5.71. The van der Waals surface area contributed by atoms with Gasteiger partial charge in [0.15, 0.2) is 5.69 Å². The lowest BCUT2D eigenvalue weighted by atomic mass is 10.1. The number of nitrogens with zero attached hydrogens (tertiary/aromatic N) is 2. The predicted octanol–water partition coefficient (Wildman–Crippen LogP) is 4.51. The summed E-state index contributed by atoms with van der Waals surface area (Å²) in [7, 11) is 0. The van der Waals surface area contributed by atoms with Crippen molar-refractivity contribution in [2.45, 2.75) is 6.18 Å². The Kier molecular flexibility index (Phi) is 4.14. The number of azo groups is 1. The molecule has 6 nitrogen and oxygen atoms in total. The molecule has 0 aliphatic carbocycles. The fourth-order valence-corrected chi connectivity index (χ4v) is 2.11. The zero-order valence-electron chi connectivity index (χ0n) is 12.5. The molecule has 25 heavy (non-hydrogen) atoms. The summed E-state index contributed by atoms with van der Waals surface area (Å²) in [5, 5.41) is 22.0. The first-order valence-corrected chi connectivity index (χ1v) is 7.03. The van der Waals surface area contributed by atoms with Crippen molar-refractivity contribution in [2.75, 3.05) is 0 Å². The molecule has 0 fully saturated rings. The lowest BCUT2D eigenvalue weighted by molar-refractivity contribution is -0.137. The van der Waals surface area contributed by atoms with Crippen LogP contribution in [0.15, 0.2) is 63.6 Å². The molecule has 3 N–H and O–H groups in total. The van der Waals surface area contributed by atoms with E-state index in [1.54, 1.807) is 12.1 Å². The van der Waals surface area contributed by atoms with Crippen LogP contribution >= 0.6 is 0 Å². The minimum absolute atomic E-state index is 0.0226. The topological polar surface area (TPSA) is 93.6 Å². The van der Waals surface area contributed by atoms with Gasteiger partial charge in [-0.25, -0.2) is 0 Å². The highest BCUT2D eigenvalue weighted by Gasteiger charge is 2.29. The maximum Gasteiger partial charge on any atom is 0.416 e. The molecule has 0 unspecified atom stereocenters. The molecule has 0 saturated carbocycles. The monoisotopic (exact) mass is 348 g/mol. The van der Waals surface area contributed by atoms with Crippen LogP contribution in [-0.4, -0.2) is 15.3 Å². The number of hydrogen-bond acceptors (Lipinski definition) is 4. The molecule has 3 rings (SSSR count). The van der Waals surface area contributed by atoms with Crippen molar-refractivity contribution in [3.8, 4) is 17.0 Å². The van der Waals surface area contributed by atoms with E-state index < -0.39 is 17.3 Å². The number of aromatic amines is 2. The summed E-state index contributed by atoms with van der Waals surface area (Å²) in [6.45, 7) is 0. The van der Waals surface area contributed by atoms with Gasteiger partial charge in [0, 0.05) is 5.56 Å². The number of nitrogens with one attached hydrogen (secondary N) is 2. The Morgan fingerprint density at radius 1 is 0.880 bits per heavy atom. The number of aromatic hydroxyl groups is 1. The van der Waals surface area contributed by atoms with Crippen LogP contribution in [0.2, 0.25) is 0 Å². The van der Waals surface area contributed by atoms with E-state index >= 15 is 0 Å². The van der Waals surface area contributed by atoms with E-state index in [9.17, 15) is 23.1 Å². The molecular formula is C16H11F3N4O2. The van der Waals surface area contributed by atoms with Gasteiger partial charge in [-0.15, -0.1) is 5.11 Å². The number of phenolic OH excluding ortho intramolecular Hbond substituents is 1. The molecule has 128 valence electrons. The third kappa shape index (κ3) is 3.60. The zero-order valence-corrected chi connectivity index (χ0v) is 12.5. The first kappa shape index (κ1) is 16.5. The largest absolute Gasteiger partial charge is 0.508 e. The Morgan fingerprint density at radius 2 is 1.52 bits per heavy atom. The van der Waals surface area contributed by atoms with Crippen molar-refractivity contribution >= 4 is 11.4 Å².